The van der Waals surface area contributed by atoms with Crippen LogP contribution in [-0.2, 0) is 5.41 Å². The van der Waals surface area contributed by atoms with Gasteiger partial charge < -0.3 is 10.3 Å². The number of benzene rings is 2. The number of aryl methyl sites for hydroxylation is 1. The summed E-state index contributed by atoms with van der Waals surface area (Å²) in [7, 11) is 0. The van der Waals surface area contributed by atoms with Crippen LogP contribution in [0.25, 0.3) is 17.3 Å². The van der Waals surface area contributed by atoms with Crippen LogP contribution in [0.15, 0.2) is 53.1 Å². The van der Waals surface area contributed by atoms with Gasteiger partial charge in [-0.1, -0.05) is 29.4 Å². The molecule has 168 valence electrons. The van der Waals surface area contributed by atoms with E-state index in [-0.39, 0.29) is 28.3 Å². The fraction of sp³-hybridized carbons (Fsp3) is 0.217. The molecule has 1 aliphatic rings. The van der Waals surface area contributed by atoms with Gasteiger partial charge >= 0.3 is 0 Å². The standard InChI is InChI=1S/C23H18F3N5O2/c1-12-4-2-3-5-15(12)23(8-9-23)22-28-21(33-30-22)17-11-18(19(25)26)31(29-17)13-6-7-14(20(27)32)16(24)10-13/h2-7,10-11,19H,8-9H2,1H3,(H2,27,32). The lowest BCUT2D eigenvalue weighted by molar-refractivity contribution is 0.0996. The summed E-state index contributed by atoms with van der Waals surface area (Å²) < 4.78 is 47.9. The number of carbonyl (C=O) groups is 1. The third-order valence-corrected chi connectivity index (χ3v) is 5.91. The molecule has 0 bridgehead atoms. The highest BCUT2D eigenvalue weighted by atomic mass is 19.3. The summed E-state index contributed by atoms with van der Waals surface area (Å²) in [5, 5.41) is 8.26. The molecule has 4 aromatic rings. The highest BCUT2D eigenvalue weighted by molar-refractivity contribution is 5.93. The van der Waals surface area contributed by atoms with Gasteiger partial charge in [0.1, 0.15) is 11.5 Å². The molecule has 7 nitrogen and oxygen atoms in total. The van der Waals surface area contributed by atoms with Crippen molar-refractivity contribution in [3.63, 3.8) is 0 Å². The topological polar surface area (TPSA) is 99.8 Å². The predicted molar refractivity (Wildman–Crippen MR) is 111 cm³/mol. The fourth-order valence-corrected chi connectivity index (χ4v) is 4.07. The Labute approximate surface area is 186 Å². The molecule has 0 spiro atoms. The van der Waals surface area contributed by atoms with E-state index in [0.717, 1.165) is 46.8 Å². The number of primary amides is 1. The van der Waals surface area contributed by atoms with Crippen molar-refractivity contribution in [3.05, 3.63) is 82.6 Å². The van der Waals surface area contributed by atoms with Gasteiger partial charge in [-0.15, -0.1) is 0 Å². The Morgan fingerprint density at radius 1 is 1.18 bits per heavy atom. The molecular weight excluding hydrogens is 435 g/mol. The lowest BCUT2D eigenvalue weighted by atomic mass is 9.91. The van der Waals surface area contributed by atoms with Crippen LogP contribution in [-0.4, -0.2) is 25.8 Å². The molecule has 2 aromatic heterocycles. The van der Waals surface area contributed by atoms with Gasteiger partial charge in [0.25, 0.3) is 18.2 Å². The Morgan fingerprint density at radius 3 is 2.58 bits per heavy atom. The molecule has 0 aliphatic heterocycles. The van der Waals surface area contributed by atoms with Crippen LogP contribution in [0.3, 0.4) is 0 Å². The third kappa shape index (κ3) is 3.47. The van der Waals surface area contributed by atoms with Crippen molar-refractivity contribution in [2.45, 2.75) is 31.6 Å². The van der Waals surface area contributed by atoms with Crippen molar-refractivity contribution in [1.82, 2.24) is 19.9 Å². The molecule has 10 heteroatoms. The molecule has 0 unspecified atom stereocenters. The van der Waals surface area contributed by atoms with E-state index in [1.165, 1.54) is 6.07 Å². The van der Waals surface area contributed by atoms with Gasteiger partial charge in [-0.05, 0) is 49.1 Å². The largest absolute Gasteiger partial charge is 0.366 e. The molecule has 2 N–H and O–H groups in total. The zero-order chi connectivity index (χ0) is 23.3. The van der Waals surface area contributed by atoms with Gasteiger partial charge in [-0.25, -0.2) is 17.9 Å². The summed E-state index contributed by atoms with van der Waals surface area (Å²) in [4.78, 5) is 15.7. The number of hydrogen-bond donors (Lipinski definition) is 1. The highest BCUT2D eigenvalue weighted by Gasteiger charge is 2.50. The maximum Gasteiger partial charge on any atom is 0.280 e. The Morgan fingerprint density at radius 2 is 1.94 bits per heavy atom. The van der Waals surface area contributed by atoms with Crippen LogP contribution >= 0.6 is 0 Å². The number of alkyl halides is 2. The van der Waals surface area contributed by atoms with Gasteiger partial charge in [0.2, 0.25) is 0 Å². The SMILES string of the molecule is Cc1ccccc1C1(c2noc(-c3cc(C(F)F)n(-c4ccc(C(N)=O)c(F)c4)n3)n2)CC1. The molecule has 1 fully saturated rings. The smallest absolute Gasteiger partial charge is 0.280 e. The maximum atomic E-state index is 14.2. The quantitative estimate of drug-likeness (QED) is 0.464. The van der Waals surface area contributed by atoms with Gasteiger partial charge in [-0.2, -0.15) is 10.1 Å². The van der Waals surface area contributed by atoms with E-state index in [4.69, 9.17) is 10.3 Å². The number of rotatable bonds is 6. The van der Waals surface area contributed by atoms with Crippen LogP contribution in [0.2, 0.25) is 0 Å². The van der Waals surface area contributed by atoms with Crippen LogP contribution in [0, 0.1) is 12.7 Å². The van der Waals surface area contributed by atoms with Crippen molar-refractivity contribution in [2.75, 3.05) is 0 Å². The van der Waals surface area contributed by atoms with Crippen LogP contribution in [0.1, 0.15) is 52.3 Å². The van der Waals surface area contributed by atoms with Gasteiger partial charge in [0.15, 0.2) is 11.5 Å². The summed E-state index contributed by atoms with van der Waals surface area (Å²) in [6.45, 7) is 2.01. The molecule has 1 saturated carbocycles. The molecule has 0 saturated heterocycles. The van der Waals surface area contributed by atoms with E-state index in [2.05, 4.69) is 15.2 Å². The number of amides is 1. The second kappa shape index (κ2) is 7.58. The Hall–Kier alpha value is -3.95. The number of halogens is 3. The van der Waals surface area contributed by atoms with Crippen LogP contribution in [0.5, 0.6) is 0 Å². The van der Waals surface area contributed by atoms with Crippen molar-refractivity contribution in [2.24, 2.45) is 5.73 Å². The second-order valence-corrected chi connectivity index (χ2v) is 8.02. The monoisotopic (exact) mass is 453 g/mol. The van der Waals surface area contributed by atoms with Gasteiger partial charge in [0, 0.05) is 6.07 Å². The second-order valence-electron chi connectivity index (χ2n) is 8.02. The first-order chi connectivity index (χ1) is 15.8. The summed E-state index contributed by atoms with van der Waals surface area (Å²) in [5.74, 6) is -1.45. The number of hydrogen-bond acceptors (Lipinski definition) is 5. The third-order valence-electron chi connectivity index (χ3n) is 5.91. The van der Waals surface area contributed by atoms with Crippen LogP contribution < -0.4 is 5.73 Å². The molecule has 5 rings (SSSR count). The predicted octanol–water partition coefficient (Wildman–Crippen LogP) is 4.49. The highest BCUT2D eigenvalue weighted by Crippen LogP contribution is 2.53. The molecule has 2 heterocycles. The van der Waals surface area contributed by atoms with Crippen molar-refractivity contribution < 1.29 is 22.5 Å². The Balaban J connectivity index is 1.53. The van der Waals surface area contributed by atoms with E-state index in [9.17, 15) is 18.0 Å². The molecule has 0 radical (unpaired) electrons. The number of nitrogens with zero attached hydrogens (tertiary/aromatic N) is 4. The molecule has 1 aliphatic carbocycles. The summed E-state index contributed by atoms with van der Waals surface area (Å²) >= 11 is 0. The maximum absolute atomic E-state index is 14.2. The summed E-state index contributed by atoms with van der Waals surface area (Å²) in [5.41, 5.74) is 6.13. The minimum Gasteiger partial charge on any atom is -0.366 e. The first kappa shape index (κ1) is 20.9. The Bertz CT molecular complexity index is 1370. The minimum absolute atomic E-state index is 0.00244. The van der Waals surface area contributed by atoms with Crippen molar-refractivity contribution in [1.29, 1.82) is 0 Å². The Kier molecular flexibility index (Phi) is 4.80. The van der Waals surface area contributed by atoms with E-state index >= 15 is 0 Å². The number of nitrogens with two attached hydrogens (primary N) is 1. The first-order valence-electron chi connectivity index (χ1n) is 10.2. The molecule has 2 aromatic carbocycles. The van der Waals surface area contributed by atoms with E-state index in [1.807, 2.05) is 31.2 Å². The zero-order valence-corrected chi connectivity index (χ0v) is 17.4. The average Bonchev–Trinajstić information content (AvgIpc) is 3.21. The molecule has 0 atom stereocenters. The molecular formula is C23H18F3N5O2. The van der Waals surface area contributed by atoms with Crippen molar-refractivity contribution >= 4 is 5.91 Å². The minimum atomic E-state index is -2.91. The lowest BCUT2D eigenvalue weighted by Crippen LogP contribution is -2.13. The van der Waals surface area contributed by atoms with E-state index < -0.39 is 23.8 Å². The average molecular weight is 453 g/mol. The van der Waals surface area contributed by atoms with Gasteiger partial charge in [0.05, 0.1) is 16.7 Å². The summed E-state index contributed by atoms with van der Waals surface area (Å²) in [6, 6.07) is 12.4. The lowest BCUT2D eigenvalue weighted by Gasteiger charge is -2.13. The molecule has 1 amide bonds. The summed E-state index contributed by atoms with van der Waals surface area (Å²) in [6.07, 6.45) is -1.22. The number of aromatic nitrogens is 4. The van der Waals surface area contributed by atoms with E-state index in [1.54, 1.807) is 0 Å². The molecule has 33 heavy (non-hydrogen) atoms. The zero-order valence-electron chi connectivity index (χ0n) is 17.4. The first-order valence-corrected chi connectivity index (χ1v) is 10.2. The van der Waals surface area contributed by atoms with E-state index in [0.29, 0.717) is 5.82 Å². The number of carbonyl (C=O) groups excluding carboxylic acids is 1. The van der Waals surface area contributed by atoms with Gasteiger partial charge in [-0.3, -0.25) is 4.79 Å². The normalized spacial score (nSPS) is 14.6. The fourth-order valence-electron chi connectivity index (χ4n) is 4.07. The van der Waals surface area contributed by atoms with Crippen LogP contribution in [0.4, 0.5) is 13.2 Å². The van der Waals surface area contributed by atoms with Crippen molar-refractivity contribution in [3.8, 4) is 17.3 Å².